The molecule has 33 heavy (non-hydrogen) atoms. The smallest absolute Gasteiger partial charge is 0.408 e. The first-order valence-corrected chi connectivity index (χ1v) is 11.2. The molecule has 2 aromatic carbocycles. The molecule has 7 heteroatoms. The Hall–Kier alpha value is -3.61. The molecular weight excluding hydrogens is 422 g/mol. The lowest BCUT2D eigenvalue weighted by molar-refractivity contribution is -0.136. The van der Waals surface area contributed by atoms with Gasteiger partial charge in [-0.25, -0.2) is 14.4 Å². The Bertz CT molecular complexity index is 1170. The zero-order valence-electron chi connectivity index (χ0n) is 19.2. The standard InChI is InChI=1S/C26H29NO6/c1-4-6-12-19-15-23(28)33-24-17(3)22(14-13-20(19)24)32-25(29)21(5-2)27-26(30)31-16-18-10-8-7-9-11-18/h7-11,13-15,21H,4-6,12,16H2,1-3H3,(H,27,30)/t21-/m0/s1. The minimum absolute atomic E-state index is 0.0985. The van der Waals surface area contributed by atoms with Gasteiger partial charge in [-0.2, -0.15) is 0 Å². The van der Waals surface area contributed by atoms with Crippen LogP contribution in [0.25, 0.3) is 11.0 Å². The van der Waals surface area contributed by atoms with E-state index in [1.54, 1.807) is 26.0 Å². The maximum atomic E-state index is 12.7. The Balaban J connectivity index is 1.71. The molecule has 0 saturated carbocycles. The first-order valence-electron chi connectivity index (χ1n) is 11.2. The van der Waals surface area contributed by atoms with Crippen molar-refractivity contribution in [3.8, 4) is 5.75 Å². The highest BCUT2D eigenvalue weighted by molar-refractivity contribution is 5.87. The van der Waals surface area contributed by atoms with Crippen molar-refractivity contribution in [1.82, 2.24) is 5.32 Å². The highest BCUT2D eigenvalue weighted by Gasteiger charge is 2.23. The number of carbonyl (C=O) groups is 2. The summed E-state index contributed by atoms with van der Waals surface area (Å²) in [6.07, 6.45) is 2.35. The normalized spacial score (nSPS) is 11.7. The summed E-state index contributed by atoms with van der Waals surface area (Å²) in [5.74, 6) is -0.345. The zero-order chi connectivity index (χ0) is 23.8. The van der Waals surface area contributed by atoms with E-state index in [2.05, 4.69) is 12.2 Å². The number of hydrogen-bond donors (Lipinski definition) is 1. The van der Waals surface area contributed by atoms with E-state index in [4.69, 9.17) is 13.9 Å². The van der Waals surface area contributed by atoms with Gasteiger partial charge in [0.25, 0.3) is 0 Å². The molecule has 7 nitrogen and oxygen atoms in total. The zero-order valence-corrected chi connectivity index (χ0v) is 19.2. The van der Waals surface area contributed by atoms with Crippen molar-refractivity contribution in [3.63, 3.8) is 0 Å². The maximum absolute atomic E-state index is 12.7. The number of carbonyl (C=O) groups excluding carboxylic acids is 2. The quantitative estimate of drug-likeness (QED) is 0.278. The maximum Gasteiger partial charge on any atom is 0.408 e. The van der Waals surface area contributed by atoms with E-state index in [1.165, 1.54) is 6.07 Å². The van der Waals surface area contributed by atoms with Gasteiger partial charge < -0.3 is 19.2 Å². The van der Waals surface area contributed by atoms with Crippen LogP contribution in [-0.2, 0) is 22.6 Å². The van der Waals surface area contributed by atoms with Crippen LogP contribution in [0.5, 0.6) is 5.75 Å². The van der Waals surface area contributed by atoms with Crippen molar-refractivity contribution in [2.45, 2.75) is 59.1 Å². The predicted octanol–water partition coefficient (Wildman–Crippen LogP) is 5.05. The van der Waals surface area contributed by atoms with Gasteiger partial charge in [-0.05, 0) is 49.4 Å². The number of fused-ring (bicyclic) bond motifs is 1. The molecule has 3 rings (SSSR count). The lowest BCUT2D eigenvalue weighted by Gasteiger charge is -2.17. The average molecular weight is 452 g/mol. The van der Waals surface area contributed by atoms with Crippen LogP contribution in [0.2, 0.25) is 0 Å². The third-order valence-corrected chi connectivity index (χ3v) is 5.40. The van der Waals surface area contributed by atoms with Gasteiger partial charge in [-0.3, -0.25) is 0 Å². The van der Waals surface area contributed by atoms with Crippen molar-refractivity contribution in [3.05, 3.63) is 75.6 Å². The molecule has 0 bridgehead atoms. The average Bonchev–Trinajstić information content (AvgIpc) is 2.82. The Morgan fingerprint density at radius 2 is 1.85 bits per heavy atom. The number of alkyl carbamates (subject to hydrolysis) is 1. The fourth-order valence-electron chi connectivity index (χ4n) is 3.51. The lowest BCUT2D eigenvalue weighted by atomic mass is 10.0. The number of hydrogen-bond acceptors (Lipinski definition) is 6. The van der Waals surface area contributed by atoms with E-state index in [-0.39, 0.29) is 12.4 Å². The molecule has 0 aliphatic rings. The van der Waals surface area contributed by atoms with Crippen LogP contribution in [0.3, 0.4) is 0 Å². The van der Waals surface area contributed by atoms with Gasteiger partial charge in [0.1, 0.15) is 24.0 Å². The molecule has 0 fully saturated rings. The molecule has 0 radical (unpaired) electrons. The van der Waals surface area contributed by atoms with Crippen molar-refractivity contribution < 1.29 is 23.5 Å². The summed E-state index contributed by atoms with van der Waals surface area (Å²) in [6.45, 7) is 5.68. The summed E-state index contributed by atoms with van der Waals surface area (Å²) in [4.78, 5) is 36.9. The van der Waals surface area contributed by atoms with Crippen LogP contribution in [0.15, 0.2) is 57.7 Å². The second kappa shape index (κ2) is 11.3. The second-order valence-corrected chi connectivity index (χ2v) is 7.85. The van der Waals surface area contributed by atoms with Crippen molar-refractivity contribution >= 4 is 23.0 Å². The molecule has 1 atom stereocenters. The number of unbranched alkanes of at least 4 members (excludes halogenated alkanes) is 1. The number of aryl methyl sites for hydroxylation is 2. The van der Waals surface area contributed by atoms with Crippen LogP contribution in [0.1, 0.15) is 49.8 Å². The monoisotopic (exact) mass is 451 g/mol. The molecular formula is C26H29NO6. The third-order valence-electron chi connectivity index (χ3n) is 5.40. The van der Waals surface area contributed by atoms with Crippen LogP contribution < -0.4 is 15.7 Å². The summed E-state index contributed by atoms with van der Waals surface area (Å²) >= 11 is 0. The molecule has 1 amide bonds. The number of ether oxygens (including phenoxy) is 2. The topological polar surface area (TPSA) is 94.8 Å². The first kappa shape index (κ1) is 24.0. The number of rotatable bonds is 9. The SMILES string of the molecule is CCCCc1cc(=O)oc2c(C)c(OC(=O)[C@H](CC)NC(=O)OCc3ccccc3)ccc12. The van der Waals surface area contributed by atoms with E-state index in [9.17, 15) is 14.4 Å². The molecule has 0 aliphatic heterocycles. The molecule has 0 saturated heterocycles. The van der Waals surface area contributed by atoms with Crippen molar-refractivity contribution in [2.24, 2.45) is 0 Å². The summed E-state index contributed by atoms with van der Waals surface area (Å²) in [6, 6.07) is 13.4. The van der Waals surface area contributed by atoms with Gasteiger partial charge in [0, 0.05) is 17.0 Å². The highest BCUT2D eigenvalue weighted by Crippen LogP contribution is 2.29. The number of esters is 1. The number of nitrogens with one attached hydrogen (secondary N) is 1. The second-order valence-electron chi connectivity index (χ2n) is 7.85. The summed E-state index contributed by atoms with van der Waals surface area (Å²) in [7, 11) is 0. The van der Waals surface area contributed by atoms with E-state index < -0.39 is 23.7 Å². The van der Waals surface area contributed by atoms with Gasteiger partial charge in [-0.1, -0.05) is 50.6 Å². The molecule has 0 unspecified atom stereocenters. The van der Waals surface area contributed by atoms with Crippen LogP contribution in [0.4, 0.5) is 4.79 Å². The predicted molar refractivity (Wildman–Crippen MR) is 125 cm³/mol. The van der Waals surface area contributed by atoms with Gasteiger partial charge in [-0.15, -0.1) is 0 Å². The summed E-state index contributed by atoms with van der Waals surface area (Å²) in [5.41, 5.74) is 2.28. The fraction of sp³-hybridized carbons (Fsp3) is 0.346. The first-order chi connectivity index (χ1) is 15.9. The van der Waals surface area contributed by atoms with Crippen LogP contribution >= 0.6 is 0 Å². The molecule has 0 aliphatic carbocycles. The Morgan fingerprint density at radius 3 is 2.55 bits per heavy atom. The minimum Gasteiger partial charge on any atom is -0.445 e. The Labute approximate surface area is 192 Å². The molecule has 1 heterocycles. The van der Waals surface area contributed by atoms with E-state index in [0.29, 0.717) is 17.6 Å². The largest absolute Gasteiger partial charge is 0.445 e. The third kappa shape index (κ3) is 6.22. The molecule has 174 valence electrons. The van der Waals surface area contributed by atoms with Gasteiger partial charge in [0.05, 0.1) is 0 Å². The molecule has 0 spiro atoms. The Morgan fingerprint density at radius 1 is 1.09 bits per heavy atom. The number of amides is 1. The van der Waals surface area contributed by atoms with Gasteiger partial charge >= 0.3 is 17.7 Å². The van der Waals surface area contributed by atoms with E-state index in [1.807, 2.05) is 30.3 Å². The van der Waals surface area contributed by atoms with Gasteiger partial charge in [0.2, 0.25) is 0 Å². The summed E-state index contributed by atoms with van der Waals surface area (Å²) in [5, 5.41) is 3.37. The molecule has 1 N–H and O–H groups in total. The molecule has 1 aromatic heterocycles. The van der Waals surface area contributed by atoms with Crippen molar-refractivity contribution in [1.29, 1.82) is 0 Å². The number of benzene rings is 2. The van der Waals surface area contributed by atoms with Crippen LogP contribution in [-0.4, -0.2) is 18.1 Å². The van der Waals surface area contributed by atoms with Gasteiger partial charge in [0.15, 0.2) is 0 Å². The van der Waals surface area contributed by atoms with Crippen LogP contribution in [0, 0.1) is 6.92 Å². The lowest BCUT2D eigenvalue weighted by Crippen LogP contribution is -2.42. The highest BCUT2D eigenvalue weighted by atomic mass is 16.6. The van der Waals surface area contributed by atoms with E-state index >= 15 is 0 Å². The molecule has 3 aromatic rings. The van der Waals surface area contributed by atoms with Crippen molar-refractivity contribution in [2.75, 3.05) is 0 Å². The Kier molecular flexibility index (Phi) is 8.24. The van der Waals surface area contributed by atoms with E-state index in [0.717, 1.165) is 35.8 Å². The summed E-state index contributed by atoms with van der Waals surface area (Å²) < 4.78 is 16.2. The fourth-order valence-corrected chi connectivity index (χ4v) is 3.51. The minimum atomic E-state index is -0.883.